The summed E-state index contributed by atoms with van der Waals surface area (Å²) in [6.45, 7) is 2.70. The summed E-state index contributed by atoms with van der Waals surface area (Å²) in [4.78, 5) is 0. The van der Waals surface area contributed by atoms with E-state index in [1.165, 1.54) is 83.5 Å². The van der Waals surface area contributed by atoms with E-state index >= 15 is 0 Å². The van der Waals surface area contributed by atoms with Crippen LogP contribution in [-0.4, -0.2) is 59.6 Å². The molecule has 0 spiro atoms. The standard InChI is InChI=1S/C25H48O5/c1-2-3-4-5-6-7-8-9-10-11-12-13-14-15-16-17-18-19-29-23(20-26)25-24(28)22(27)21-30-25/h11-12,22-28H,2-10,13-21H2,1H3/b12-11+/t22-,23+,24+,25+/m0/s1. The van der Waals surface area contributed by atoms with E-state index in [4.69, 9.17) is 9.47 Å². The van der Waals surface area contributed by atoms with Gasteiger partial charge in [0, 0.05) is 6.61 Å². The van der Waals surface area contributed by atoms with Crippen LogP contribution in [-0.2, 0) is 9.47 Å². The zero-order valence-electron chi connectivity index (χ0n) is 19.4. The average molecular weight is 429 g/mol. The molecule has 3 N–H and O–H groups in total. The van der Waals surface area contributed by atoms with Crippen molar-refractivity contribution in [2.75, 3.05) is 19.8 Å². The lowest BCUT2D eigenvalue weighted by Gasteiger charge is -2.24. The Morgan fingerprint density at radius 3 is 1.87 bits per heavy atom. The summed E-state index contributed by atoms with van der Waals surface area (Å²) >= 11 is 0. The fourth-order valence-electron chi connectivity index (χ4n) is 3.97. The summed E-state index contributed by atoms with van der Waals surface area (Å²) in [6, 6.07) is 0. The molecule has 0 saturated carbocycles. The number of rotatable bonds is 20. The van der Waals surface area contributed by atoms with Gasteiger partial charge in [0.15, 0.2) is 0 Å². The van der Waals surface area contributed by atoms with Crippen molar-refractivity contribution in [1.82, 2.24) is 0 Å². The number of hydrogen-bond donors (Lipinski definition) is 3. The van der Waals surface area contributed by atoms with Crippen molar-refractivity contribution >= 4 is 0 Å². The summed E-state index contributed by atoms with van der Waals surface area (Å²) in [5.74, 6) is 0. The van der Waals surface area contributed by atoms with E-state index in [9.17, 15) is 15.3 Å². The summed E-state index contributed by atoms with van der Waals surface area (Å²) in [5, 5.41) is 28.8. The van der Waals surface area contributed by atoms with Gasteiger partial charge >= 0.3 is 0 Å². The first-order valence-electron chi connectivity index (χ1n) is 12.6. The highest BCUT2D eigenvalue weighted by molar-refractivity contribution is 4.88. The van der Waals surface area contributed by atoms with Crippen LogP contribution in [0.25, 0.3) is 0 Å². The Kier molecular flexibility index (Phi) is 17.7. The third-order valence-electron chi connectivity index (χ3n) is 5.97. The smallest absolute Gasteiger partial charge is 0.114 e. The molecule has 0 aliphatic carbocycles. The van der Waals surface area contributed by atoms with Crippen LogP contribution in [0, 0.1) is 0 Å². The predicted octanol–water partition coefficient (Wildman–Crippen LogP) is 4.91. The van der Waals surface area contributed by atoms with Gasteiger partial charge in [0.25, 0.3) is 0 Å². The van der Waals surface area contributed by atoms with Crippen molar-refractivity contribution < 1.29 is 24.8 Å². The molecule has 0 aromatic rings. The molecule has 0 bridgehead atoms. The van der Waals surface area contributed by atoms with E-state index < -0.39 is 24.4 Å². The first-order chi connectivity index (χ1) is 14.7. The van der Waals surface area contributed by atoms with Crippen LogP contribution in [0.2, 0.25) is 0 Å². The summed E-state index contributed by atoms with van der Waals surface area (Å²) < 4.78 is 11.0. The van der Waals surface area contributed by atoms with Crippen LogP contribution in [0.5, 0.6) is 0 Å². The van der Waals surface area contributed by atoms with Crippen LogP contribution in [0.15, 0.2) is 12.2 Å². The Morgan fingerprint density at radius 2 is 1.37 bits per heavy atom. The molecule has 5 heteroatoms. The number of hydrogen-bond acceptors (Lipinski definition) is 5. The van der Waals surface area contributed by atoms with E-state index in [0.717, 1.165) is 12.8 Å². The van der Waals surface area contributed by atoms with Crippen LogP contribution >= 0.6 is 0 Å². The van der Waals surface area contributed by atoms with Gasteiger partial charge in [-0.3, -0.25) is 0 Å². The van der Waals surface area contributed by atoms with Gasteiger partial charge in [-0.1, -0.05) is 83.3 Å². The molecule has 1 aliphatic heterocycles. The molecular weight excluding hydrogens is 380 g/mol. The lowest BCUT2D eigenvalue weighted by molar-refractivity contribution is -0.101. The zero-order chi connectivity index (χ0) is 21.9. The van der Waals surface area contributed by atoms with Gasteiger partial charge in [0.1, 0.15) is 24.4 Å². The van der Waals surface area contributed by atoms with Gasteiger partial charge in [-0.25, -0.2) is 0 Å². The SMILES string of the molecule is CCCCCCCCCC/C=C/CCCCCCCO[C@H](CO)[C@H]1OC[C@H](O)[C@H]1O. The second kappa shape index (κ2) is 19.2. The van der Waals surface area contributed by atoms with Crippen molar-refractivity contribution in [3.8, 4) is 0 Å². The number of aliphatic hydroxyl groups is 3. The highest BCUT2D eigenvalue weighted by atomic mass is 16.6. The summed E-state index contributed by atoms with van der Waals surface area (Å²) in [7, 11) is 0. The van der Waals surface area contributed by atoms with Gasteiger partial charge < -0.3 is 24.8 Å². The Labute approximate surface area is 184 Å². The third-order valence-corrected chi connectivity index (χ3v) is 5.97. The maximum Gasteiger partial charge on any atom is 0.114 e. The van der Waals surface area contributed by atoms with E-state index in [1.54, 1.807) is 0 Å². The molecule has 1 fully saturated rings. The fraction of sp³-hybridized carbons (Fsp3) is 0.920. The lowest BCUT2D eigenvalue weighted by Crippen LogP contribution is -2.42. The number of ether oxygens (including phenoxy) is 2. The quantitative estimate of drug-likeness (QED) is 0.190. The molecule has 0 aromatic carbocycles. The van der Waals surface area contributed by atoms with Crippen molar-refractivity contribution in [3.63, 3.8) is 0 Å². The molecule has 0 radical (unpaired) electrons. The maximum absolute atomic E-state index is 9.84. The third kappa shape index (κ3) is 13.1. The maximum atomic E-state index is 9.84. The topological polar surface area (TPSA) is 79.2 Å². The van der Waals surface area contributed by atoms with Crippen molar-refractivity contribution in [2.45, 2.75) is 128 Å². The normalized spacial score (nSPS) is 22.9. The molecule has 0 amide bonds. The van der Waals surface area contributed by atoms with Gasteiger partial charge in [-0.05, 0) is 32.1 Å². The van der Waals surface area contributed by atoms with Gasteiger partial charge in [-0.15, -0.1) is 0 Å². The first-order valence-corrected chi connectivity index (χ1v) is 12.6. The molecule has 1 aliphatic rings. The number of aliphatic hydroxyl groups excluding tert-OH is 3. The molecule has 1 rings (SSSR count). The molecule has 4 atom stereocenters. The molecule has 1 heterocycles. The number of allylic oxidation sites excluding steroid dienone is 2. The fourth-order valence-corrected chi connectivity index (χ4v) is 3.97. The Balaban J connectivity index is 1.84. The van der Waals surface area contributed by atoms with E-state index in [-0.39, 0.29) is 13.2 Å². The molecule has 178 valence electrons. The zero-order valence-corrected chi connectivity index (χ0v) is 19.4. The van der Waals surface area contributed by atoms with E-state index in [2.05, 4.69) is 19.1 Å². The van der Waals surface area contributed by atoms with Crippen LogP contribution < -0.4 is 0 Å². The van der Waals surface area contributed by atoms with E-state index in [0.29, 0.717) is 6.61 Å². The van der Waals surface area contributed by atoms with Crippen molar-refractivity contribution in [3.05, 3.63) is 12.2 Å². The number of unbranched alkanes of at least 4 members (excludes halogenated alkanes) is 13. The largest absolute Gasteiger partial charge is 0.394 e. The minimum Gasteiger partial charge on any atom is -0.394 e. The minimum atomic E-state index is -0.981. The Bertz CT molecular complexity index is 401. The van der Waals surface area contributed by atoms with Crippen molar-refractivity contribution in [1.29, 1.82) is 0 Å². The monoisotopic (exact) mass is 428 g/mol. The minimum absolute atomic E-state index is 0.0965. The van der Waals surface area contributed by atoms with Crippen LogP contribution in [0.3, 0.4) is 0 Å². The van der Waals surface area contributed by atoms with Gasteiger partial charge in [0.2, 0.25) is 0 Å². The average Bonchev–Trinajstić information content (AvgIpc) is 3.08. The highest BCUT2D eigenvalue weighted by Gasteiger charge is 2.40. The van der Waals surface area contributed by atoms with Crippen molar-refractivity contribution in [2.24, 2.45) is 0 Å². The molecule has 0 unspecified atom stereocenters. The second-order valence-corrected chi connectivity index (χ2v) is 8.74. The predicted molar refractivity (Wildman–Crippen MR) is 123 cm³/mol. The van der Waals surface area contributed by atoms with E-state index in [1.807, 2.05) is 0 Å². The Morgan fingerprint density at radius 1 is 0.833 bits per heavy atom. The summed E-state index contributed by atoms with van der Waals surface area (Å²) in [6.07, 6.45) is 20.8. The first kappa shape index (κ1) is 27.6. The van der Waals surface area contributed by atoms with Gasteiger partial charge in [-0.2, -0.15) is 0 Å². The molecule has 5 nitrogen and oxygen atoms in total. The van der Waals surface area contributed by atoms with Crippen LogP contribution in [0.4, 0.5) is 0 Å². The van der Waals surface area contributed by atoms with Crippen LogP contribution in [0.1, 0.15) is 103 Å². The Hall–Kier alpha value is -0.460. The highest BCUT2D eigenvalue weighted by Crippen LogP contribution is 2.20. The van der Waals surface area contributed by atoms with Gasteiger partial charge in [0.05, 0.1) is 13.2 Å². The molecule has 30 heavy (non-hydrogen) atoms. The molecular formula is C25H48O5. The molecule has 1 saturated heterocycles. The molecule has 0 aromatic heterocycles. The lowest BCUT2D eigenvalue weighted by atomic mass is 10.1. The summed E-state index contributed by atoms with van der Waals surface area (Å²) in [5.41, 5.74) is 0. The second-order valence-electron chi connectivity index (χ2n) is 8.74.